The van der Waals surface area contributed by atoms with Crippen molar-refractivity contribution in [2.24, 2.45) is 5.73 Å². The van der Waals surface area contributed by atoms with Crippen molar-refractivity contribution in [1.82, 2.24) is 4.90 Å². The molecule has 0 atom stereocenters. The Kier molecular flexibility index (Phi) is 4.52. The average molecular weight is 236 g/mol. The lowest BCUT2D eigenvalue weighted by atomic mass is 10.1. The Balaban J connectivity index is 2.85. The van der Waals surface area contributed by atoms with E-state index in [0.29, 0.717) is 18.8 Å². The summed E-state index contributed by atoms with van der Waals surface area (Å²) in [7, 11) is 1.67. The van der Waals surface area contributed by atoms with Crippen LogP contribution in [0.2, 0.25) is 0 Å². The summed E-state index contributed by atoms with van der Waals surface area (Å²) < 4.78 is 5.38. The van der Waals surface area contributed by atoms with Gasteiger partial charge >= 0.3 is 6.09 Å². The highest BCUT2D eigenvalue weighted by Crippen LogP contribution is 2.24. The Morgan fingerprint density at radius 3 is 2.29 bits per heavy atom. The minimum atomic E-state index is -0.370. The number of amides is 1. The smallest absolute Gasteiger partial charge is 0.410 e. The molecule has 0 radical (unpaired) electrons. The van der Waals surface area contributed by atoms with Crippen molar-refractivity contribution in [2.45, 2.75) is 20.8 Å². The number of hydrogen-bond donors (Lipinski definition) is 1. The molecule has 0 bridgehead atoms. The number of hydrogen-bond acceptors (Lipinski definition) is 3. The minimum Gasteiger partial charge on any atom is -0.410 e. The average Bonchev–Trinajstić information content (AvgIpc) is 2.23. The molecule has 1 aromatic carbocycles. The number of ether oxygens (including phenoxy) is 1. The second-order valence-corrected chi connectivity index (χ2v) is 4.31. The number of likely N-dealkylation sites (N-methyl/N-ethyl adjacent to an activating group) is 1. The Morgan fingerprint density at radius 2 is 1.82 bits per heavy atom. The van der Waals surface area contributed by atoms with Crippen LogP contribution < -0.4 is 10.5 Å². The van der Waals surface area contributed by atoms with E-state index >= 15 is 0 Å². The van der Waals surface area contributed by atoms with Gasteiger partial charge in [-0.25, -0.2) is 4.79 Å². The van der Waals surface area contributed by atoms with E-state index in [9.17, 15) is 4.79 Å². The van der Waals surface area contributed by atoms with Gasteiger partial charge in [0.25, 0.3) is 0 Å². The number of nitrogens with two attached hydrogens (primary N) is 1. The molecule has 0 saturated carbocycles. The summed E-state index contributed by atoms with van der Waals surface area (Å²) in [5, 5.41) is 0. The SMILES string of the molecule is Cc1cc(C)c(OC(=O)N(C)CCN)c(C)c1. The van der Waals surface area contributed by atoms with E-state index in [1.807, 2.05) is 32.9 Å². The molecule has 1 aromatic rings. The quantitative estimate of drug-likeness (QED) is 0.873. The van der Waals surface area contributed by atoms with E-state index in [4.69, 9.17) is 10.5 Å². The molecule has 4 heteroatoms. The molecule has 0 heterocycles. The van der Waals surface area contributed by atoms with E-state index < -0.39 is 0 Å². The Morgan fingerprint density at radius 1 is 1.29 bits per heavy atom. The maximum atomic E-state index is 11.7. The summed E-state index contributed by atoms with van der Waals surface area (Å²) >= 11 is 0. The topological polar surface area (TPSA) is 55.6 Å². The summed E-state index contributed by atoms with van der Waals surface area (Å²) in [6.45, 7) is 6.81. The van der Waals surface area contributed by atoms with Crippen molar-refractivity contribution in [3.63, 3.8) is 0 Å². The van der Waals surface area contributed by atoms with Crippen LogP contribution in [-0.4, -0.2) is 31.1 Å². The fourth-order valence-corrected chi connectivity index (χ4v) is 1.78. The zero-order valence-electron chi connectivity index (χ0n) is 10.9. The molecule has 4 nitrogen and oxygen atoms in total. The summed E-state index contributed by atoms with van der Waals surface area (Å²) in [4.78, 5) is 13.2. The maximum Gasteiger partial charge on any atom is 0.415 e. The number of aryl methyl sites for hydroxylation is 3. The molecule has 0 spiro atoms. The van der Waals surface area contributed by atoms with Crippen molar-refractivity contribution in [1.29, 1.82) is 0 Å². The molecule has 0 aliphatic heterocycles. The van der Waals surface area contributed by atoms with Crippen molar-refractivity contribution < 1.29 is 9.53 Å². The molecule has 0 aliphatic carbocycles. The van der Waals surface area contributed by atoms with Gasteiger partial charge in [0.05, 0.1) is 0 Å². The molecule has 0 aromatic heterocycles. The molecule has 94 valence electrons. The lowest BCUT2D eigenvalue weighted by Crippen LogP contribution is -2.34. The van der Waals surface area contributed by atoms with Gasteiger partial charge in [0.1, 0.15) is 5.75 Å². The van der Waals surface area contributed by atoms with Gasteiger partial charge in [0.15, 0.2) is 0 Å². The summed E-state index contributed by atoms with van der Waals surface area (Å²) in [5.41, 5.74) is 8.49. The van der Waals surface area contributed by atoms with Crippen LogP contribution in [0.4, 0.5) is 4.79 Å². The van der Waals surface area contributed by atoms with Crippen molar-refractivity contribution >= 4 is 6.09 Å². The van der Waals surface area contributed by atoms with E-state index in [1.165, 1.54) is 4.90 Å². The molecule has 0 aliphatic rings. The summed E-state index contributed by atoms with van der Waals surface area (Å²) in [5.74, 6) is 0.643. The molecule has 0 unspecified atom stereocenters. The highest BCUT2D eigenvalue weighted by Gasteiger charge is 2.13. The minimum absolute atomic E-state index is 0.370. The van der Waals surface area contributed by atoms with Gasteiger partial charge in [-0.05, 0) is 31.9 Å². The Labute approximate surface area is 102 Å². The predicted molar refractivity (Wildman–Crippen MR) is 68.4 cm³/mol. The third-order valence-electron chi connectivity index (χ3n) is 2.57. The van der Waals surface area contributed by atoms with E-state index in [1.54, 1.807) is 7.05 Å². The van der Waals surface area contributed by atoms with Crippen LogP contribution in [0.3, 0.4) is 0 Å². The van der Waals surface area contributed by atoms with Gasteiger partial charge in [0, 0.05) is 20.1 Å². The van der Waals surface area contributed by atoms with E-state index in [-0.39, 0.29) is 6.09 Å². The van der Waals surface area contributed by atoms with Crippen LogP contribution in [0.5, 0.6) is 5.75 Å². The third-order valence-corrected chi connectivity index (χ3v) is 2.57. The van der Waals surface area contributed by atoms with Crippen LogP contribution in [-0.2, 0) is 0 Å². The molecular formula is C13H20N2O2. The first-order valence-corrected chi connectivity index (χ1v) is 5.66. The Hall–Kier alpha value is -1.55. The first-order valence-electron chi connectivity index (χ1n) is 5.66. The fraction of sp³-hybridized carbons (Fsp3) is 0.462. The van der Waals surface area contributed by atoms with Crippen LogP contribution in [0, 0.1) is 20.8 Å². The first-order chi connectivity index (χ1) is 7.95. The normalized spacial score (nSPS) is 10.2. The van der Waals surface area contributed by atoms with Gasteiger partial charge in [0.2, 0.25) is 0 Å². The number of carbonyl (C=O) groups is 1. The number of nitrogens with zero attached hydrogens (tertiary/aromatic N) is 1. The second kappa shape index (κ2) is 5.68. The molecule has 2 N–H and O–H groups in total. The van der Waals surface area contributed by atoms with Crippen LogP contribution in [0.1, 0.15) is 16.7 Å². The van der Waals surface area contributed by atoms with E-state index in [0.717, 1.165) is 16.7 Å². The Bertz CT molecular complexity index is 393. The second-order valence-electron chi connectivity index (χ2n) is 4.31. The lowest BCUT2D eigenvalue weighted by molar-refractivity contribution is 0.163. The molecule has 1 rings (SSSR count). The predicted octanol–water partition coefficient (Wildman–Crippen LogP) is 2.00. The van der Waals surface area contributed by atoms with Crippen molar-refractivity contribution in [2.75, 3.05) is 20.1 Å². The third kappa shape index (κ3) is 3.46. The highest BCUT2D eigenvalue weighted by molar-refractivity contribution is 5.71. The fourth-order valence-electron chi connectivity index (χ4n) is 1.78. The molecule has 1 amide bonds. The van der Waals surface area contributed by atoms with Crippen LogP contribution in [0.25, 0.3) is 0 Å². The van der Waals surface area contributed by atoms with Gasteiger partial charge in [-0.15, -0.1) is 0 Å². The van der Waals surface area contributed by atoms with Crippen LogP contribution in [0.15, 0.2) is 12.1 Å². The van der Waals surface area contributed by atoms with Crippen molar-refractivity contribution in [3.8, 4) is 5.75 Å². The van der Waals surface area contributed by atoms with Crippen molar-refractivity contribution in [3.05, 3.63) is 28.8 Å². The van der Waals surface area contributed by atoms with Gasteiger partial charge in [-0.3, -0.25) is 0 Å². The largest absolute Gasteiger partial charge is 0.415 e. The molecule has 17 heavy (non-hydrogen) atoms. The van der Waals surface area contributed by atoms with Gasteiger partial charge in [-0.2, -0.15) is 0 Å². The monoisotopic (exact) mass is 236 g/mol. The zero-order valence-corrected chi connectivity index (χ0v) is 10.9. The first kappa shape index (κ1) is 13.5. The standard InChI is InChI=1S/C13H20N2O2/c1-9-7-10(2)12(11(3)8-9)17-13(16)15(4)6-5-14/h7-8H,5-6,14H2,1-4H3. The summed E-state index contributed by atoms with van der Waals surface area (Å²) in [6.07, 6.45) is -0.370. The number of carbonyl (C=O) groups excluding carboxylic acids is 1. The number of rotatable bonds is 3. The lowest BCUT2D eigenvalue weighted by Gasteiger charge is -2.18. The maximum absolute atomic E-state index is 11.7. The molecule has 0 saturated heterocycles. The summed E-state index contributed by atoms with van der Waals surface area (Å²) in [6, 6.07) is 4.00. The van der Waals surface area contributed by atoms with E-state index in [2.05, 4.69) is 0 Å². The van der Waals surface area contributed by atoms with Gasteiger partial charge < -0.3 is 15.4 Å². The molecule has 0 fully saturated rings. The van der Waals surface area contributed by atoms with Crippen LogP contribution >= 0.6 is 0 Å². The molecular weight excluding hydrogens is 216 g/mol. The number of benzene rings is 1. The van der Waals surface area contributed by atoms with Gasteiger partial charge in [-0.1, -0.05) is 17.7 Å². The highest BCUT2D eigenvalue weighted by atomic mass is 16.6. The zero-order chi connectivity index (χ0) is 13.0.